The largest absolute Gasteiger partial charge is 0.300 e. The van der Waals surface area contributed by atoms with Gasteiger partial charge in [0.15, 0.2) is 0 Å². The Morgan fingerprint density at radius 2 is 2.13 bits per heavy atom. The second kappa shape index (κ2) is 4.18. The van der Waals surface area contributed by atoms with Crippen molar-refractivity contribution in [3.05, 3.63) is 30.3 Å². The van der Waals surface area contributed by atoms with Crippen LogP contribution in [-0.4, -0.2) is 29.8 Å². The molecule has 2 aliphatic rings. The number of hydrogen-bond donors (Lipinski definition) is 0. The Kier molecular flexibility index (Phi) is 2.72. The van der Waals surface area contributed by atoms with Gasteiger partial charge >= 0.3 is 0 Å². The molecule has 0 saturated carbocycles. The van der Waals surface area contributed by atoms with Crippen molar-refractivity contribution in [3.8, 4) is 0 Å². The van der Waals surface area contributed by atoms with E-state index < -0.39 is 0 Å². The van der Waals surface area contributed by atoms with Crippen LogP contribution < -0.4 is 0 Å². The highest BCUT2D eigenvalue weighted by Crippen LogP contribution is 2.37. The Hall–Kier alpha value is -0.470. The van der Waals surface area contributed by atoms with Crippen molar-refractivity contribution in [2.75, 3.05) is 18.8 Å². The molecule has 1 aromatic rings. The van der Waals surface area contributed by atoms with Gasteiger partial charge in [0.1, 0.15) is 0 Å². The molecule has 0 amide bonds. The monoisotopic (exact) mass is 219 g/mol. The predicted octanol–water partition coefficient (Wildman–Crippen LogP) is 2.87. The molecular weight excluding hydrogens is 202 g/mol. The molecule has 0 radical (unpaired) electrons. The van der Waals surface area contributed by atoms with Gasteiger partial charge in [-0.3, -0.25) is 4.90 Å². The number of rotatable bonds is 3. The summed E-state index contributed by atoms with van der Waals surface area (Å²) in [6.45, 7) is 2.71. The van der Waals surface area contributed by atoms with Crippen molar-refractivity contribution >= 4 is 11.8 Å². The van der Waals surface area contributed by atoms with Crippen LogP contribution in [0.4, 0.5) is 0 Å². The molecule has 2 heterocycles. The average molecular weight is 219 g/mol. The van der Waals surface area contributed by atoms with Gasteiger partial charge in [0, 0.05) is 23.2 Å². The van der Waals surface area contributed by atoms with Crippen LogP contribution in [0.2, 0.25) is 0 Å². The summed E-state index contributed by atoms with van der Waals surface area (Å²) in [7, 11) is 0. The molecule has 80 valence electrons. The molecule has 2 fully saturated rings. The van der Waals surface area contributed by atoms with Gasteiger partial charge in [-0.1, -0.05) is 18.2 Å². The van der Waals surface area contributed by atoms with Crippen LogP contribution in [0.1, 0.15) is 12.8 Å². The van der Waals surface area contributed by atoms with Gasteiger partial charge in [-0.15, -0.1) is 11.8 Å². The molecule has 2 heteroatoms. The Morgan fingerprint density at radius 3 is 2.93 bits per heavy atom. The fraction of sp³-hybridized carbons (Fsp3) is 0.538. The number of nitrogens with zero attached hydrogens (tertiary/aromatic N) is 1. The lowest BCUT2D eigenvalue weighted by atomic mass is 9.91. The third-order valence-electron chi connectivity index (χ3n) is 3.63. The van der Waals surface area contributed by atoms with Crippen LogP contribution in [0.3, 0.4) is 0 Å². The Balaban J connectivity index is 1.51. The van der Waals surface area contributed by atoms with Gasteiger partial charge in [-0.05, 0) is 37.4 Å². The van der Waals surface area contributed by atoms with E-state index in [0.717, 1.165) is 12.0 Å². The van der Waals surface area contributed by atoms with Gasteiger partial charge in [0.2, 0.25) is 0 Å². The minimum Gasteiger partial charge on any atom is -0.300 e. The molecule has 0 aliphatic carbocycles. The summed E-state index contributed by atoms with van der Waals surface area (Å²) < 4.78 is 0. The first-order chi connectivity index (χ1) is 7.43. The highest BCUT2D eigenvalue weighted by Gasteiger charge is 2.41. The van der Waals surface area contributed by atoms with Crippen LogP contribution in [-0.2, 0) is 0 Å². The lowest BCUT2D eigenvalue weighted by molar-refractivity contribution is 0.0703. The molecule has 1 nitrogen and oxygen atoms in total. The summed E-state index contributed by atoms with van der Waals surface area (Å²) in [4.78, 5) is 4.07. The SMILES string of the molecule is c1ccc(SC[C@@H]2CN3CCC[C@H]23)cc1. The number of benzene rings is 1. The summed E-state index contributed by atoms with van der Waals surface area (Å²) >= 11 is 2.03. The van der Waals surface area contributed by atoms with E-state index in [4.69, 9.17) is 0 Å². The highest BCUT2D eigenvalue weighted by atomic mass is 32.2. The van der Waals surface area contributed by atoms with E-state index in [1.807, 2.05) is 11.8 Å². The first-order valence-corrected chi connectivity index (χ1v) is 6.84. The van der Waals surface area contributed by atoms with Crippen LogP contribution in [0.15, 0.2) is 35.2 Å². The second-order valence-electron chi connectivity index (χ2n) is 4.59. The molecule has 2 aliphatic heterocycles. The van der Waals surface area contributed by atoms with Crippen LogP contribution in [0.25, 0.3) is 0 Å². The standard InChI is InChI=1S/C13H17NS/c1-2-5-12(6-3-1)15-10-11-9-14-8-4-7-13(11)14/h1-3,5-6,11,13H,4,7-10H2/t11-,13+/m0/s1. The minimum atomic E-state index is 0.932. The molecule has 2 atom stereocenters. The summed E-state index contributed by atoms with van der Waals surface area (Å²) in [5.74, 6) is 2.27. The van der Waals surface area contributed by atoms with Crippen molar-refractivity contribution in [2.45, 2.75) is 23.8 Å². The molecule has 0 spiro atoms. The quantitative estimate of drug-likeness (QED) is 0.719. The molecule has 3 rings (SSSR count). The zero-order chi connectivity index (χ0) is 10.1. The molecule has 0 unspecified atom stereocenters. The Labute approximate surface area is 95.9 Å². The maximum atomic E-state index is 2.65. The van der Waals surface area contributed by atoms with Crippen LogP contribution >= 0.6 is 11.8 Å². The average Bonchev–Trinajstić information content (AvgIpc) is 2.62. The molecule has 2 saturated heterocycles. The molecule has 0 aromatic heterocycles. The lowest BCUT2D eigenvalue weighted by Gasteiger charge is -2.43. The summed E-state index contributed by atoms with van der Waals surface area (Å²) in [5.41, 5.74) is 0. The zero-order valence-electron chi connectivity index (χ0n) is 8.93. The lowest BCUT2D eigenvalue weighted by Crippen LogP contribution is -2.53. The smallest absolute Gasteiger partial charge is 0.0144 e. The summed E-state index contributed by atoms with van der Waals surface area (Å²) in [6.07, 6.45) is 2.87. The molecule has 1 aromatic carbocycles. The van der Waals surface area contributed by atoms with Crippen molar-refractivity contribution < 1.29 is 0 Å². The van der Waals surface area contributed by atoms with E-state index >= 15 is 0 Å². The third kappa shape index (κ3) is 1.93. The highest BCUT2D eigenvalue weighted by molar-refractivity contribution is 7.99. The summed E-state index contributed by atoms with van der Waals surface area (Å²) in [5, 5.41) is 0. The van der Waals surface area contributed by atoms with Gasteiger partial charge in [0.25, 0.3) is 0 Å². The topological polar surface area (TPSA) is 3.24 Å². The van der Waals surface area contributed by atoms with Crippen molar-refractivity contribution in [1.29, 1.82) is 0 Å². The van der Waals surface area contributed by atoms with E-state index in [9.17, 15) is 0 Å². The van der Waals surface area contributed by atoms with Gasteiger partial charge in [0.05, 0.1) is 0 Å². The minimum absolute atomic E-state index is 0.932. The molecule has 0 bridgehead atoms. The van der Waals surface area contributed by atoms with Gasteiger partial charge in [-0.25, -0.2) is 0 Å². The maximum Gasteiger partial charge on any atom is 0.0144 e. The van der Waals surface area contributed by atoms with Gasteiger partial charge in [-0.2, -0.15) is 0 Å². The first-order valence-electron chi connectivity index (χ1n) is 5.85. The maximum absolute atomic E-state index is 2.65. The van der Waals surface area contributed by atoms with Crippen LogP contribution in [0, 0.1) is 5.92 Å². The van der Waals surface area contributed by atoms with Crippen molar-refractivity contribution in [1.82, 2.24) is 4.90 Å². The molecular formula is C13H17NS. The van der Waals surface area contributed by atoms with E-state index in [2.05, 4.69) is 35.2 Å². The number of thioether (sulfide) groups is 1. The van der Waals surface area contributed by atoms with E-state index in [-0.39, 0.29) is 0 Å². The number of fused-ring (bicyclic) bond motifs is 1. The molecule has 0 N–H and O–H groups in total. The number of hydrogen-bond acceptors (Lipinski definition) is 2. The predicted molar refractivity (Wildman–Crippen MR) is 65.3 cm³/mol. The third-order valence-corrected chi connectivity index (χ3v) is 4.84. The van der Waals surface area contributed by atoms with Gasteiger partial charge < -0.3 is 0 Å². The summed E-state index contributed by atoms with van der Waals surface area (Å²) in [6, 6.07) is 11.7. The Morgan fingerprint density at radius 1 is 1.27 bits per heavy atom. The molecule has 15 heavy (non-hydrogen) atoms. The van der Waals surface area contributed by atoms with Crippen molar-refractivity contribution in [2.24, 2.45) is 5.92 Å². The second-order valence-corrected chi connectivity index (χ2v) is 5.68. The zero-order valence-corrected chi connectivity index (χ0v) is 9.75. The first kappa shape index (κ1) is 9.73. The van der Waals surface area contributed by atoms with Crippen LogP contribution in [0.5, 0.6) is 0 Å². The Bertz CT molecular complexity index is 325. The fourth-order valence-electron chi connectivity index (χ4n) is 2.78. The van der Waals surface area contributed by atoms with E-state index in [0.29, 0.717) is 0 Å². The van der Waals surface area contributed by atoms with E-state index in [1.165, 1.54) is 36.6 Å². The van der Waals surface area contributed by atoms with Crippen molar-refractivity contribution in [3.63, 3.8) is 0 Å². The normalized spacial score (nSPS) is 29.9. The fourth-order valence-corrected chi connectivity index (χ4v) is 3.86. The van der Waals surface area contributed by atoms with E-state index in [1.54, 1.807) is 0 Å².